The Labute approximate surface area is 142 Å². The Bertz CT molecular complexity index is 892. The second kappa shape index (κ2) is 6.87. The van der Waals surface area contributed by atoms with Gasteiger partial charge in [0.15, 0.2) is 0 Å². The molecule has 0 unspecified atom stereocenters. The summed E-state index contributed by atoms with van der Waals surface area (Å²) in [6.07, 6.45) is 0. The zero-order valence-corrected chi connectivity index (χ0v) is 13.4. The highest BCUT2D eigenvalue weighted by Gasteiger charge is 2.17. The molecular weight excluding hydrogens is 328 g/mol. The first kappa shape index (κ1) is 16.2. The number of aromatic nitrogens is 4. The normalized spacial score (nSPS) is 10.3. The molecule has 2 aromatic heterocycles. The van der Waals surface area contributed by atoms with Crippen LogP contribution in [-0.2, 0) is 0 Å². The number of H-pyrrole nitrogens is 1. The lowest BCUT2D eigenvalue weighted by Gasteiger charge is -2.10. The molecule has 0 bridgehead atoms. The Balaban J connectivity index is 1.85. The van der Waals surface area contributed by atoms with Crippen molar-refractivity contribution >= 4 is 5.97 Å². The summed E-state index contributed by atoms with van der Waals surface area (Å²) in [5.74, 6) is 0.0449. The molecule has 25 heavy (non-hydrogen) atoms. The van der Waals surface area contributed by atoms with Crippen molar-refractivity contribution in [2.24, 2.45) is 0 Å². The molecule has 1 aromatic carbocycles. The lowest BCUT2D eigenvalue weighted by atomic mass is 10.1. The first-order valence-corrected chi connectivity index (χ1v) is 7.14. The first-order valence-electron chi connectivity index (χ1n) is 7.14. The molecule has 3 aromatic rings. The number of benzene rings is 1. The van der Waals surface area contributed by atoms with Gasteiger partial charge in [-0.05, 0) is 23.8 Å². The maximum Gasteiger partial charge on any atom is 0.362 e. The number of carboxylic acids is 1. The van der Waals surface area contributed by atoms with Crippen molar-refractivity contribution in [2.45, 2.75) is 0 Å². The van der Waals surface area contributed by atoms with Gasteiger partial charge in [0.05, 0.1) is 14.2 Å². The van der Waals surface area contributed by atoms with Crippen LogP contribution in [0.25, 0.3) is 11.1 Å². The van der Waals surface area contributed by atoms with E-state index in [0.717, 1.165) is 11.1 Å². The Morgan fingerprint density at radius 1 is 1.08 bits per heavy atom. The number of pyridine rings is 1. The van der Waals surface area contributed by atoms with E-state index in [1.54, 1.807) is 30.3 Å². The molecule has 9 nitrogen and oxygen atoms in total. The predicted octanol–water partition coefficient (Wildman–Crippen LogP) is 2.37. The van der Waals surface area contributed by atoms with Crippen LogP contribution in [0.4, 0.5) is 0 Å². The number of carboxylic acid groups (broad SMARTS) is 1. The lowest BCUT2D eigenvalue weighted by Crippen LogP contribution is -1.99. The van der Waals surface area contributed by atoms with E-state index < -0.39 is 5.97 Å². The molecular formula is C16H14N4O5. The van der Waals surface area contributed by atoms with Gasteiger partial charge in [0.1, 0.15) is 5.75 Å². The molecule has 9 heteroatoms. The molecule has 0 fully saturated rings. The van der Waals surface area contributed by atoms with Crippen LogP contribution in [0.2, 0.25) is 0 Å². The molecule has 0 amide bonds. The number of aromatic amines is 1. The molecule has 2 N–H and O–H groups in total. The summed E-state index contributed by atoms with van der Waals surface area (Å²) in [6, 6.07) is 10.5. The van der Waals surface area contributed by atoms with Crippen molar-refractivity contribution in [3.05, 3.63) is 42.1 Å². The van der Waals surface area contributed by atoms with Crippen LogP contribution in [0.5, 0.6) is 23.4 Å². The van der Waals surface area contributed by atoms with Crippen molar-refractivity contribution < 1.29 is 24.1 Å². The number of aromatic carboxylic acids is 1. The molecule has 3 rings (SSSR count). The average molecular weight is 342 g/mol. The highest BCUT2D eigenvalue weighted by molar-refractivity contribution is 5.87. The summed E-state index contributed by atoms with van der Waals surface area (Å²) in [6.45, 7) is 0. The zero-order chi connectivity index (χ0) is 17.8. The molecule has 0 aliphatic carbocycles. The fourth-order valence-electron chi connectivity index (χ4n) is 2.16. The highest BCUT2D eigenvalue weighted by Crippen LogP contribution is 2.32. The highest BCUT2D eigenvalue weighted by atomic mass is 16.5. The number of ether oxygens (including phenoxy) is 3. The van der Waals surface area contributed by atoms with E-state index in [1.807, 2.05) is 6.07 Å². The van der Waals surface area contributed by atoms with Gasteiger partial charge in [0.25, 0.3) is 5.88 Å². The van der Waals surface area contributed by atoms with E-state index in [9.17, 15) is 4.79 Å². The summed E-state index contributed by atoms with van der Waals surface area (Å²) < 4.78 is 15.8. The monoisotopic (exact) mass is 342 g/mol. The van der Waals surface area contributed by atoms with Crippen LogP contribution in [0.3, 0.4) is 0 Å². The van der Waals surface area contributed by atoms with Gasteiger partial charge in [0, 0.05) is 11.6 Å². The first-order chi connectivity index (χ1) is 12.1. The minimum atomic E-state index is -1.23. The van der Waals surface area contributed by atoms with Crippen LogP contribution in [0.15, 0.2) is 36.4 Å². The molecule has 0 radical (unpaired) electrons. The number of nitrogens with zero attached hydrogens (tertiary/aromatic N) is 3. The summed E-state index contributed by atoms with van der Waals surface area (Å²) in [5.41, 5.74) is 1.34. The van der Waals surface area contributed by atoms with Gasteiger partial charge in [-0.15, -0.1) is 5.10 Å². The number of rotatable bonds is 6. The van der Waals surface area contributed by atoms with Gasteiger partial charge in [-0.1, -0.05) is 17.3 Å². The Morgan fingerprint density at radius 3 is 2.48 bits per heavy atom. The topological polar surface area (TPSA) is 119 Å². The number of hydrogen-bond acceptors (Lipinski definition) is 7. The van der Waals surface area contributed by atoms with Crippen molar-refractivity contribution in [3.8, 4) is 34.5 Å². The van der Waals surface area contributed by atoms with E-state index in [-0.39, 0.29) is 11.6 Å². The number of nitrogens with one attached hydrogen (secondary N) is 1. The van der Waals surface area contributed by atoms with Crippen LogP contribution >= 0.6 is 0 Å². The van der Waals surface area contributed by atoms with Crippen LogP contribution < -0.4 is 14.2 Å². The van der Waals surface area contributed by atoms with E-state index in [1.165, 1.54) is 14.2 Å². The Morgan fingerprint density at radius 2 is 1.84 bits per heavy atom. The van der Waals surface area contributed by atoms with Gasteiger partial charge in [-0.3, -0.25) is 0 Å². The maximum atomic E-state index is 11.0. The SMILES string of the molecule is COc1ccc(-c2ccc(Oc3[nH]nnc3C(=O)O)cc2)c(OC)n1. The third-order valence-electron chi connectivity index (χ3n) is 3.34. The molecule has 0 aliphatic heterocycles. The number of methoxy groups -OCH3 is 2. The molecule has 0 atom stereocenters. The minimum absolute atomic E-state index is 0.0380. The van der Waals surface area contributed by atoms with Crippen molar-refractivity contribution in [2.75, 3.05) is 14.2 Å². The Hall–Kier alpha value is -3.62. The van der Waals surface area contributed by atoms with Gasteiger partial charge < -0.3 is 19.3 Å². The number of carbonyl (C=O) groups is 1. The van der Waals surface area contributed by atoms with Crippen molar-refractivity contribution in [3.63, 3.8) is 0 Å². The van der Waals surface area contributed by atoms with Gasteiger partial charge in [-0.25, -0.2) is 9.89 Å². The van der Waals surface area contributed by atoms with E-state index in [2.05, 4.69) is 20.4 Å². The predicted molar refractivity (Wildman–Crippen MR) is 86.2 cm³/mol. The summed E-state index contributed by atoms with van der Waals surface area (Å²) in [4.78, 5) is 15.2. The second-order valence-corrected chi connectivity index (χ2v) is 4.83. The largest absolute Gasteiger partial charge is 0.481 e. The zero-order valence-electron chi connectivity index (χ0n) is 13.4. The minimum Gasteiger partial charge on any atom is -0.481 e. The molecule has 0 saturated heterocycles. The van der Waals surface area contributed by atoms with E-state index >= 15 is 0 Å². The summed E-state index contributed by atoms with van der Waals surface area (Å²) in [7, 11) is 3.06. The molecule has 128 valence electrons. The Kier molecular flexibility index (Phi) is 4.46. The smallest absolute Gasteiger partial charge is 0.362 e. The molecule has 2 heterocycles. The van der Waals surface area contributed by atoms with Crippen LogP contribution in [-0.4, -0.2) is 45.7 Å². The van der Waals surface area contributed by atoms with E-state index in [4.69, 9.17) is 19.3 Å². The van der Waals surface area contributed by atoms with Crippen LogP contribution in [0.1, 0.15) is 10.5 Å². The van der Waals surface area contributed by atoms with Crippen LogP contribution in [0, 0.1) is 0 Å². The fraction of sp³-hybridized carbons (Fsp3) is 0.125. The quantitative estimate of drug-likeness (QED) is 0.700. The third-order valence-corrected chi connectivity index (χ3v) is 3.34. The van der Waals surface area contributed by atoms with Crippen molar-refractivity contribution in [1.29, 1.82) is 0 Å². The standard InChI is InChI=1S/C16H14N4O5/c1-23-12-8-7-11(14(17-12)24-2)9-3-5-10(6-4-9)25-15-13(16(21)22)18-20-19-15/h3-8H,1-2H3,(H,21,22)(H,18,19,20). The maximum absolute atomic E-state index is 11.0. The summed E-state index contributed by atoms with van der Waals surface area (Å²) >= 11 is 0. The third kappa shape index (κ3) is 3.34. The fourth-order valence-corrected chi connectivity index (χ4v) is 2.16. The number of hydrogen-bond donors (Lipinski definition) is 2. The average Bonchev–Trinajstić information content (AvgIpc) is 3.10. The van der Waals surface area contributed by atoms with Crippen molar-refractivity contribution in [1.82, 2.24) is 20.4 Å². The molecule has 0 aliphatic rings. The lowest BCUT2D eigenvalue weighted by molar-refractivity contribution is 0.0687. The second-order valence-electron chi connectivity index (χ2n) is 4.83. The summed E-state index contributed by atoms with van der Waals surface area (Å²) in [5, 5.41) is 18.3. The van der Waals surface area contributed by atoms with Gasteiger partial charge in [-0.2, -0.15) is 4.98 Å². The van der Waals surface area contributed by atoms with Gasteiger partial charge >= 0.3 is 5.97 Å². The van der Waals surface area contributed by atoms with Gasteiger partial charge in [0.2, 0.25) is 17.5 Å². The molecule has 0 spiro atoms. The molecule has 0 saturated carbocycles. The van der Waals surface area contributed by atoms with E-state index in [0.29, 0.717) is 17.5 Å².